The zero-order valence-corrected chi connectivity index (χ0v) is 18.8. The first kappa shape index (κ1) is 21.6. The quantitative estimate of drug-likeness (QED) is 0.501. The van der Waals surface area contributed by atoms with Crippen LogP contribution in [0.4, 0.5) is 5.69 Å². The van der Waals surface area contributed by atoms with E-state index in [1.165, 1.54) is 22.2 Å². The largest absolute Gasteiger partial charge is 0.325 e. The third kappa shape index (κ3) is 5.47. The van der Waals surface area contributed by atoms with Gasteiger partial charge in [-0.2, -0.15) is 0 Å². The zero-order valence-electron chi connectivity index (χ0n) is 16.4. The molecular formula is C22H21ClN2O2S2. The molecule has 2 aromatic rings. The number of amides is 2. The van der Waals surface area contributed by atoms with Gasteiger partial charge in [-0.25, -0.2) is 0 Å². The lowest BCUT2D eigenvalue weighted by Gasteiger charge is -2.18. The summed E-state index contributed by atoms with van der Waals surface area (Å²) in [7, 11) is 0. The summed E-state index contributed by atoms with van der Waals surface area (Å²) in [5, 5.41) is 3.33. The number of halogens is 1. The van der Waals surface area contributed by atoms with Crippen LogP contribution in [-0.2, 0) is 15.0 Å². The molecule has 1 aliphatic rings. The van der Waals surface area contributed by atoms with E-state index in [0.29, 0.717) is 19.9 Å². The summed E-state index contributed by atoms with van der Waals surface area (Å²) < 4.78 is 0.374. The number of nitrogens with one attached hydrogen (secondary N) is 1. The maximum atomic E-state index is 12.7. The molecule has 1 fully saturated rings. The van der Waals surface area contributed by atoms with Crippen LogP contribution in [0.1, 0.15) is 31.9 Å². The Balaban J connectivity index is 1.68. The highest BCUT2D eigenvalue weighted by molar-refractivity contribution is 8.26. The number of hydrogen-bond acceptors (Lipinski definition) is 4. The molecule has 0 radical (unpaired) electrons. The van der Waals surface area contributed by atoms with Crippen molar-refractivity contribution in [1.82, 2.24) is 4.90 Å². The molecule has 0 spiro atoms. The van der Waals surface area contributed by atoms with Crippen molar-refractivity contribution in [1.29, 1.82) is 0 Å². The standard InChI is InChI=1S/C22H21ClN2O2S2/c1-22(2,3)15-6-4-14(5-7-15)12-18-20(27)25(21(28)29-18)13-19(26)24-17-10-8-16(23)9-11-17/h4-12H,13H2,1-3H3,(H,24,26)/b18-12-. The monoisotopic (exact) mass is 444 g/mol. The molecule has 7 heteroatoms. The fourth-order valence-corrected chi connectivity index (χ4v) is 4.13. The molecule has 0 aliphatic carbocycles. The first-order valence-corrected chi connectivity index (χ1v) is 10.6. The summed E-state index contributed by atoms with van der Waals surface area (Å²) in [5.74, 6) is -0.578. The van der Waals surface area contributed by atoms with E-state index >= 15 is 0 Å². The number of thiocarbonyl (C=S) groups is 1. The Hall–Kier alpha value is -2.15. The fraction of sp³-hybridized carbons (Fsp3) is 0.227. The zero-order chi connectivity index (χ0) is 21.2. The first-order chi connectivity index (χ1) is 13.6. The van der Waals surface area contributed by atoms with E-state index in [4.69, 9.17) is 23.8 Å². The van der Waals surface area contributed by atoms with Crippen molar-refractivity contribution >= 4 is 63.5 Å². The van der Waals surface area contributed by atoms with Crippen LogP contribution in [0.3, 0.4) is 0 Å². The summed E-state index contributed by atoms with van der Waals surface area (Å²) >= 11 is 12.4. The predicted molar refractivity (Wildman–Crippen MR) is 125 cm³/mol. The van der Waals surface area contributed by atoms with Crippen molar-refractivity contribution in [3.8, 4) is 0 Å². The maximum absolute atomic E-state index is 12.7. The topological polar surface area (TPSA) is 49.4 Å². The van der Waals surface area contributed by atoms with Gasteiger partial charge in [-0.1, -0.05) is 80.6 Å². The maximum Gasteiger partial charge on any atom is 0.266 e. The Morgan fingerprint density at radius 3 is 2.34 bits per heavy atom. The van der Waals surface area contributed by atoms with Gasteiger partial charge in [0.2, 0.25) is 5.91 Å². The Labute approximate surface area is 185 Å². The summed E-state index contributed by atoms with van der Waals surface area (Å²) in [4.78, 5) is 26.9. The molecule has 1 aliphatic heterocycles. The molecule has 2 amide bonds. The molecule has 0 bridgehead atoms. The van der Waals surface area contributed by atoms with Gasteiger partial charge in [0.15, 0.2) is 0 Å². The molecule has 29 heavy (non-hydrogen) atoms. The minimum absolute atomic E-state index is 0.0689. The second-order valence-electron chi connectivity index (χ2n) is 7.69. The summed E-state index contributed by atoms with van der Waals surface area (Å²) in [6.45, 7) is 6.33. The number of thioether (sulfide) groups is 1. The van der Waals surface area contributed by atoms with E-state index in [2.05, 4.69) is 38.2 Å². The summed E-state index contributed by atoms with van der Waals surface area (Å²) in [6, 6.07) is 14.9. The average molecular weight is 445 g/mol. The van der Waals surface area contributed by atoms with E-state index < -0.39 is 0 Å². The van der Waals surface area contributed by atoms with Crippen molar-refractivity contribution in [3.63, 3.8) is 0 Å². The van der Waals surface area contributed by atoms with Crippen molar-refractivity contribution in [3.05, 3.63) is 69.6 Å². The number of carbonyl (C=O) groups excluding carboxylic acids is 2. The number of carbonyl (C=O) groups is 2. The minimum atomic E-state index is -0.320. The normalized spacial score (nSPS) is 15.9. The number of hydrogen-bond donors (Lipinski definition) is 1. The number of benzene rings is 2. The molecule has 0 atom stereocenters. The first-order valence-electron chi connectivity index (χ1n) is 9.05. The van der Waals surface area contributed by atoms with Gasteiger partial charge in [-0.05, 0) is 46.9 Å². The van der Waals surface area contributed by atoms with E-state index in [1.807, 2.05) is 18.2 Å². The van der Waals surface area contributed by atoms with E-state index in [9.17, 15) is 9.59 Å². The van der Waals surface area contributed by atoms with Gasteiger partial charge in [0.05, 0.1) is 4.91 Å². The Morgan fingerprint density at radius 2 is 1.76 bits per heavy atom. The molecule has 150 valence electrons. The minimum Gasteiger partial charge on any atom is -0.325 e. The third-order valence-corrected chi connectivity index (χ3v) is 6.01. The molecule has 4 nitrogen and oxygen atoms in total. The number of anilines is 1. The third-order valence-electron chi connectivity index (χ3n) is 4.38. The Kier molecular flexibility index (Phi) is 6.46. The molecule has 1 heterocycles. The molecule has 3 rings (SSSR count). The van der Waals surface area contributed by atoms with Crippen LogP contribution in [0.25, 0.3) is 6.08 Å². The lowest BCUT2D eigenvalue weighted by molar-refractivity contribution is -0.126. The summed E-state index contributed by atoms with van der Waals surface area (Å²) in [6.07, 6.45) is 1.81. The van der Waals surface area contributed by atoms with E-state index in [-0.39, 0.29) is 23.8 Å². The highest BCUT2D eigenvalue weighted by atomic mass is 35.5. The van der Waals surface area contributed by atoms with Gasteiger partial charge >= 0.3 is 0 Å². The highest BCUT2D eigenvalue weighted by Crippen LogP contribution is 2.33. The second kappa shape index (κ2) is 8.69. The second-order valence-corrected chi connectivity index (χ2v) is 9.81. The van der Waals surface area contributed by atoms with Crippen molar-refractivity contribution in [2.24, 2.45) is 0 Å². The SMILES string of the molecule is CC(C)(C)c1ccc(/C=C2\SC(=S)N(CC(=O)Nc3ccc(Cl)cc3)C2=O)cc1. The smallest absolute Gasteiger partial charge is 0.266 e. The molecule has 0 unspecified atom stereocenters. The van der Waals surface area contributed by atoms with Crippen molar-refractivity contribution < 1.29 is 9.59 Å². The molecule has 1 saturated heterocycles. The van der Waals surface area contributed by atoms with Crippen LogP contribution in [0, 0.1) is 0 Å². The Morgan fingerprint density at radius 1 is 1.14 bits per heavy atom. The van der Waals surface area contributed by atoms with Crippen LogP contribution in [-0.4, -0.2) is 27.6 Å². The lowest BCUT2D eigenvalue weighted by atomic mass is 9.87. The average Bonchev–Trinajstić information content (AvgIpc) is 2.91. The van der Waals surface area contributed by atoms with Crippen molar-refractivity contribution in [2.45, 2.75) is 26.2 Å². The fourth-order valence-electron chi connectivity index (χ4n) is 2.74. The number of nitrogens with zero attached hydrogens (tertiary/aromatic N) is 1. The van der Waals surface area contributed by atoms with Crippen LogP contribution in [0.15, 0.2) is 53.4 Å². The van der Waals surface area contributed by atoms with Crippen LogP contribution >= 0.6 is 35.6 Å². The predicted octanol–water partition coefficient (Wildman–Crippen LogP) is 5.48. The van der Waals surface area contributed by atoms with Crippen LogP contribution < -0.4 is 5.32 Å². The molecule has 1 N–H and O–H groups in total. The van der Waals surface area contributed by atoms with E-state index in [0.717, 1.165) is 5.56 Å². The van der Waals surface area contributed by atoms with Crippen molar-refractivity contribution in [2.75, 3.05) is 11.9 Å². The van der Waals surface area contributed by atoms with Gasteiger partial charge in [0.1, 0.15) is 10.9 Å². The van der Waals surface area contributed by atoms with Gasteiger partial charge in [0.25, 0.3) is 5.91 Å². The van der Waals surface area contributed by atoms with Gasteiger partial charge < -0.3 is 5.32 Å². The van der Waals surface area contributed by atoms with Crippen LogP contribution in [0.5, 0.6) is 0 Å². The molecule has 0 saturated carbocycles. The Bertz CT molecular complexity index is 977. The van der Waals surface area contributed by atoms with Gasteiger partial charge in [-0.3, -0.25) is 14.5 Å². The van der Waals surface area contributed by atoms with E-state index in [1.54, 1.807) is 24.3 Å². The molecular weight excluding hydrogens is 424 g/mol. The van der Waals surface area contributed by atoms with Crippen LogP contribution in [0.2, 0.25) is 5.02 Å². The summed E-state index contributed by atoms with van der Waals surface area (Å²) in [5.41, 5.74) is 2.82. The highest BCUT2D eigenvalue weighted by Gasteiger charge is 2.33. The van der Waals surface area contributed by atoms with Gasteiger partial charge in [0, 0.05) is 10.7 Å². The number of rotatable bonds is 4. The van der Waals surface area contributed by atoms with Gasteiger partial charge in [-0.15, -0.1) is 0 Å². The lowest BCUT2D eigenvalue weighted by Crippen LogP contribution is -2.36. The molecule has 0 aromatic heterocycles. The molecule has 2 aromatic carbocycles.